The van der Waals surface area contributed by atoms with E-state index in [0.29, 0.717) is 5.75 Å². The molecule has 2 unspecified atom stereocenters. The zero-order valence-electron chi connectivity index (χ0n) is 16.1. The van der Waals surface area contributed by atoms with Crippen molar-refractivity contribution < 1.29 is 18.7 Å². The second-order valence-corrected chi connectivity index (χ2v) is 7.46. The zero-order chi connectivity index (χ0) is 20.2. The molecule has 0 saturated carbocycles. The number of rotatable bonds is 6. The summed E-state index contributed by atoms with van der Waals surface area (Å²) in [6, 6.07) is 8.68. The molecule has 0 bridgehead atoms. The number of nitrogens with zero attached hydrogens (tertiary/aromatic N) is 5. The molecule has 2 saturated heterocycles. The number of hydrogen-bond acceptors (Lipinski definition) is 5. The van der Waals surface area contributed by atoms with Crippen molar-refractivity contribution in [1.82, 2.24) is 24.8 Å². The summed E-state index contributed by atoms with van der Waals surface area (Å²) in [7, 11) is 0. The third-order valence-corrected chi connectivity index (χ3v) is 5.34. The molecule has 2 aromatic rings. The van der Waals surface area contributed by atoms with E-state index in [9.17, 15) is 14.0 Å². The Morgan fingerprint density at radius 2 is 1.93 bits per heavy atom. The van der Waals surface area contributed by atoms with Gasteiger partial charge in [0.05, 0.1) is 25.3 Å². The second kappa shape index (κ2) is 8.59. The molecule has 154 valence electrons. The molecule has 29 heavy (non-hydrogen) atoms. The first-order chi connectivity index (χ1) is 14.1. The lowest BCUT2D eigenvalue weighted by Crippen LogP contribution is -2.41. The van der Waals surface area contributed by atoms with Crippen LogP contribution in [0.4, 0.5) is 4.39 Å². The normalized spacial score (nSPS) is 21.6. The molecule has 8 nitrogen and oxygen atoms in total. The largest absolute Gasteiger partial charge is 0.484 e. The fraction of sp³-hybridized carbons (Fsp3) is 0.500. The molecule has 0 radical (unpaired) electrons. The van der Waals surface area contributed by atoms with E-state index in [0.717, 1.165) is 25.9 Å². The third-order valence-electron chi connectivity index (χ3n) is 5.34. The van der Waals surface area contributed by atoms with E-state index < -0.39 is 6.17 Å². The molecule has 1 aromatic carbocycles. The van der Waals surface area contributed by atoms with Gasteiger partial charge in [-0.25, -0.2) is 9.07 Å². The minimum Gasteiger partial charge on any atom is -0.484 e. The first kappa shape index (κ1) is 19.4. The number of carbonyl (C=O) groups is 2. The number of alkyl halides is 1. The van der Waals surface area contributed by atoms with E-state index in [1.54, 1.807) is 23.2 Å². The second-order valence-electron chi connectivity index (χ2n) is 7.46. The standard InChI is InChI=1S/C20H24FN5O3/c21-15-10-16(26(11-15)19(27)14-29-17-6-2-1-3-7-17)12-25-13-18(22-23-25)20(28)24-8-4-5-9-24/h1-3,6-7,13,15-16H,4-5,8-12,14H2. The average Bonchev–Trinajstić information content (AvgIpc) is 3.48. The number of aromatic nitrogens is 3. The summed E-state index contributed by atoms with van der Waals surface area (Å²) < 4.78 is 21.1. The number of likely N-dealkylation sites (tertiary alicyclic amines) is 2. The Morgan fingerprint density at radius 3 is 2.69 bits per heavy atom. The molecule has 2 amide bonds. The molecule has 3 heterocycles. The van der Waals surface area contributed by atoms with Crippen LogP contribution in [-0.2, 0) is 11.3 Å². The van der Waals surface area contributed by atoms with Gasteiger partial charge in [-0.15, -0.1) is 5.10 Å². The Labute approximate surface area is 168 Å². The van der Waals surface area contributed by atoms with Gasteiger partial charge in [0.1, 0.15) is 11.9 Å². The SMILES string of the molecule is O=C(c1cn(CC2CC(F)CN2C(=O)COc2ccccc2)nn1)N1CCCC1. The first-order valence-electron chi connectivity index (χ1n) is 9.91. The van der Waals surface area contributed by atoms with Crippen LogP contribution in [0.1, 0.15) is 29.8 Å². The summed E-state index contributed by atoms with van der Waals surface area (Å²) in [6.07, 6.45) is 2.72. The maximum atomic E-state index is 14.0. The van der Waals surface area contributed by atoms with Crippen molar-refractivity contribution in [1.29, 1.82) is 0 Å². The van der Waals surface area contributed by atoms with Crippen LogP contribution >= 0.6 is 0 Å². The number of para-hydroxylation sites is 1. The van der Waals surface area contributed by atoms with Crippen molar-refractivity contribution in [2.24, 2.45) is 0 Å². The Hall–Kier alpha value is -2.97. The smallest absolute Gasteiger partial charge is 0.276 e. The molecule has 9 heteroatoms. The van der Waals surface area contributed by atoms with E-state index in [-0.39, 0.29) is 49.7 Å². The van der Waals surface area contributed by atoms with Crippen LogP contribution in [-0.4, -0.2) is 75.1 Å². The van der Waals surface area contributed by atoms with Gasteiger partial charge in [-0.05, 0) is 25.0 Å². The van der Waals surface area contributed by atoms with E-state index >= 15 is 0 Å². The fourth-order valence-electron chi connectivity index (χ4n) is 3.87. The van der Waals surface area contributed by atoms with Gasteiger partial charge in [-0.1, -0.05) is 23.4 Å². The summed E-state index contributed by atoms with van der Waals surface area (Å²) in [5, 5.41) is 7.98. The number of benzene rings is 1. The minimum atomic E-state index is -1.09. The van der Waals surface area contributed by atoms with Crippen molar-refractivity contribution in [3.8, 4) is 5.75 Å². The maximum absolute atomic E-state index is 14.0. The van der Waals surface area contributed by atoms with Gasteiger partial charge in [0.25, 0.3) is 11.8 Å². The van der Waals surface area contributed by atoms with Crippen molar-refractivity contribution in [3.63, 3.8) is 0 Å². The van der Waals surface area contributed by atoms with Crippen LogP contribution in [0.2, 0.25) is 0 Å². The third kappa shape index (κ3) is 4.55. The molecule has 0 spiro atoms. The highest BCUT2D eigenvalue weighted by Gasteiger charge is 2.36. The molecule has 1 aromatic heterocycles. The summed E-state index contributed by atoms with van der Waals surface area (Å²) >= 11 is 0. The zero-order valence-corrected chi connectivity index (χ0v) is 16.1. The Morgan fingerprint density at radius 1 is 1.17 bits per heavy atom. The number of halogens is 1. The van der Waals surface area contributed by atoms with Crippen molar-refractivity contribution in [2.45, 2.75) is 38.0 Å². The molecule has 2 aliphatic heterocycles. The number of ether oxygens (including phenoxy) is 1. The monoisotopic (exact) mass is 401 g/mol. The Kier molecular flexibility index (Phi) is 5.73. The van der Waals surface area contributed by atoms with Crippen LogP contribution in [0.25, 0.3) is 0 Å². The van der Waals surface area contributed by atoms with Gasteiger partial charge in [-0.2, -0.15) is 0 Å². The van der Waals surface area contributed by atoms with E-state index in [2.05, 4.69) is 10.3 Å². The Bertz CT molecular complexity index is 853. The van der Waals surface area contributed by atoms with Crippen LogP contribution in [0.3, 0.4) is 0 Å². The minimum absolute atomic E-state index is 0.0376. The van der Waals surface area contributed by atoms with Gasteiger partial charge in [0, 0.05) is 19.5 Å². The van der Waals surface area contributed by atoms with Crippen molar-refractivity contribution in [3.05, 3.63) is 42.2 Å². The molecule has 2 atom stereocenters. The highest BCUT2D eigenvalue weighted by atomic mass is 19.1. The lowest BCUT2D eigenvalue weighted by molar-refractivity contribution is -0.134. The van der Waals surface area contributed by atoms with Gasteiger partial charge in [-0.3, -0.25) is 9.59 Å². The predicted octanol–water partition coefficient (Wildman–Crippen LogP) is 1.53. The van der Waals surface area contributed by atoms with Gasteiger partial charge in [0.15, 0.2) is 12.3 Å². The molecule has 2 aliphatic rings. The molecule has 0 N–H and O–H groups in total. The fourth-order valence-corrected chi connectivity index (χ4v) is 3.87. The van der Waals surface area contributed by atoms with Crippen molar-refractivity contribution in [2.75, 3.05) is 26.2 Å². The summed E-state index contributed by atoms with van der Waals surface area (Å²) in [6.45, 7) is 1.65. The van der Waals surface area contributed by atoms with Gasteiger partial charge < -0.3 is 14.5 Å². The lowest BCUT2D eigenvalue weighted by Gasteiger charge is -2.24. The summed E-state index contributed by atoms with van der Waals surface area (Å²) in [5.74, 6) is 0.190. The number of carbonyl (C=O) groups excluding carboxylic acids is 2. The first-order valence-corrected chi connectivity index (χ1v) is 9.91. The topological polar surface area (TPSA) is 80.6 Å². The van der Waals surface area contributed by atoms with Crippen LogP contribution < -0.4 is 4.74 Å². The molecule has 2 fully saturated rings. The lowest BCUT2D eigenvalue weighted by atomic mass is 10.2. The van der Waals surface area contributed by atoms with Gasteiger partial charge in [0.2, 0.25) is 0 Å². The summed E-state index contributed by atoms with van der Waals surface area (Å²) in [5.41, 5.74) is 0.284. The Balaban J connectivity index is 1.36. The van der Waals surface area contributed by atoms with E-state index in [4.69, 9.17) is 4.74 Å². The van der Waals surface area contributed by atoms with Crippen LogP contribution in [0.5, 0.6) is 5.75 Å². The number of hydrogen-bond donors (Lipinski definition) is 0. The average molecular weight is 401 g/mol. The van der Waals surface area contributed by atoms with Crippen LogP contribution in [0.15, 0.2) is 36.5 Å². The predicted molar refractivity (Wildman–Crippen MR) is 102 cm³/mol. The van der Waals surface area contributed by atoms with E-state index in [1.807, 2.05) is 18.2 Å². The van der Waals surface area contributed by atoms with Crippen molar-refractivity contribution >= 4 is 11.8 Å². The molecular formula is C20H24FN5O3. The molecule has 0 aliphatic carbocycles. The van der Waals surface area contributed by atoms with Gasteiger partial charge >= 0.3 is 0 Å². The highest BCUT2D eigenvalue weighted by molar-refractivity contribution is 5.92. The highest BCUT2D eigenvalue weighted by Crippen LogP contribution is 2.22. The molecule has 4 rings (SSSR count). The van der Waals surface area contributed by atoms with E-state index in [1.165, 1.54) is 9.58 Å². The molecular weight excluding hydrogens is 377 g/mol. The quantitative estimate of drug-likeness (QED) is 0.733. The van der Waals surface area contributed by atoms with Crippen LogP contribution in [0, 0.1) is 0 Å². The summed E-state index contributed by atoms with van der Waals surface area (Å²) in [4.78, 5) is 28.3. The maximum Gasteiger partial charge on any atom is 0.276 e. The number of amides is 2.